The molecule has 1 rings (SSSR count). The molecule has 2 N–H and O–H groups in total. The van der Waals surface area contributed by atoms with Crippen LogP contribution >= 0.6 is 21.6 Å². The van der Waals surface area contributed by atoms with Gasteiger partial charge in [-0.1, -0.05) is 16.9 Å². The van der Waals surface area contributed by atoms with Crippen molar-refractivity contribution in [1.82, 2.24) is 10.3 Å². The van der Waals surface area contributed by atoms with Gasteiger partial charge in [0.25, 0.3) is 0 Å². The maximum Gasteiger partial charge on any atom is 0.220 e. The lowest BCUT2D eigenvalue weighted by Crippen LogP contribution is -2.25. The number of carbonyl (C=O) groups is 1. The van der Waals surface area contributed by atoms with E-state index in [0.29, 0.717) is 19.4 Å². The molecule has 0 aliphatic carbocycles. The van der Waals surface area contributed by atoms with Crippen molar-refractivity contribution in [1.29, 1.82) is 0 Å². The summed E-state index contributed by atoms with van der Waals surface area (Å²) < 4.78 is 0. The van der Waals surface area contributed by atoms with Crippen LogP contribution in [0, 0.1) is 0 Å². The van der Waals surface area contributed by atoms with Crippen LogP contribution < -0.4 is 5.32 Å². The Balaban J connectivity index is 2.02. The van der Waals surface area contributed by atoms with Crippen molar-refractivity contribution >= 4 is 27.5 Å². The van der Waals surface area contributed by atoms with Crippen molar-refractivity contribution in [3.63, 3.8) is 0 Å². The van der Waals surface area contributed by atoms with E-state index in [-0.39, 0.29) is 12.5 Å². The van der Waals surface area contributed by atoms with E-state index < -0.39 is 0 Å². The molecule has 0 fully saturated rings. The Bertz CT molecular complexity index is 323. The van der Waals surface area contributed by atoms with Crippen LogP contribution in [0.1, 0.15) is 12.8 Å². The molecule has 0 aliphatic heterocycles. The Morgan fingerprint density at radius 1 is 1.47 bits per heavy atom. The van der Waals surface area contributed by atoms with Gasteiger partial charge in [-0.15, -0.1) is 0 Å². The first kappa shape index (κ1) is 14.3. The summed E-state index contributed by atoms with van der Waals surface area (Å²) in [5.74, 6) is 0.791. The van der Waals surface area contributed by atoms with Crippen LogP contribution in [0.5, 0.6) is 0 Å². The molecule has 0 radical (unpaired) electrons. The minimum Gasteiger partial charge on any atom is -0.396 e. The summed E-state index contributed by atoms with van der Waals surface area (Å²) in [4.78, 5) is 15.5. The normalized spacial score (nSPS) is 10.2. The van der Waals surface area contributed by atoms with Gasteiger partial charge in [-0.2, -0.15) is 0 Å². The fraction of sp³-hybridized carbons (Fsp3) is 0.455. The van der Waals surface area contributed by atoms with E-state index in [2.05, 4.69) is 10.3 Å². The number of nitrogens with one attached hydrogen (secondary N) is 1. The molecule has 0 aliphatic rings. The molecule has 1 aromatic heterocycles. The second-order valence-electron chi connectivity index (χ2n) is 3.25. The molecule has 0 atom stereocenters. The van der Waals surface area contributed by atoms with Crippen LogP contribution in [0.4, 0.5) is 0 Å². The van der Waals surface area contributed by atoms with E-state index >= 15 is 0 Å². The van der Waals surface area contributed by atoms with Gasteiger partial charge in [0.05, 0.1) is 0 Å². The SMILES string of the molecule is O=C(CCSSc1ccccn1)NCCCO. The molecular weight excluding hydrogens is 256 g/mol. The van der Waals surface area contributed by atoms with Crippen molar-refractivity contribution in [2.24, 2.45) is 0 Å². The largest absolute Gasteiger partial charge is 0.396 e. The molecule has 1 aromatic rings. The highest BCUT2D eigenvalue weighted by Crippen LogP contribution is 2.29. The number of aromatic nitrogens is 1. The molecule has 0 bridgehead atoms. The van der Waals surface area contributed by atoms with E-state index in [1.54, 1.807) is 27.8 Å². The summed E-state index contributed by atoms with van der Waals surface area (Å²) in [6.45, 7) is 0.665. The Morgan fingerprint density at radius 3 is 3.06 bits per heavy atom. The maximum atomic E-state index is 11.3. The topological polar surface area (TPSA) is 62.2 Å². The first-order valence-corrected chi connectivity index (χ1v) is 7.73. The molecule has 0 saturated heterocycles. The Hall–Kier alpha value is -0.720. The molecule has 0 spiro atoms. The molecule has 94 valence electrons. The van der Waals surface area contributed by atoms with Gasteiger partial charge in [0.2, 0.25) is 5.91 Å². The first-order chi connectivity index (χ1) is 8.33. The second-order valence-corrected chi connectivity index (χ2v) is 5.69. The summed E-state index contributed by atoms with van der Waals surface area (Å²) in [7, 11) is 3.19. The van der Waals surface area contributed by atoms with Crippen molar-refractivity contribution in [3.05, 3.63) is 24.4 Å². The molecule has 0 aromatic carbocycles. The lowest BCUT2D eigenvalue weighted by Gasteiger charge is -2.03. The van der Waals surface area contributed by atoms with Crippen LogP contribution in [0.15, 0.2) is 29.4 Å². The number of hydrogen-bond acceptors (Lipinski definition) is 5. The number of hydrogen-bond donors (Lipinski definition) is 2. The zero-order valence-electron chi connectivity index (χ0n) is 9.46. The highest BCUT2D eigenvalue weighted by atomic mass is 33.1. The smallest absolute Gasteiger partial charge is 0.220 e. The van der Waals surface area contributed by atoms with E-state index in [4.69, 9.17) is 5.11 Å². The fourth-order valence-electron chi connectivity index (χ4n) is 1.03. The van der Waals surface area contributed by atoms with E-state index in [1.807, 2.05) is 18.2 Å². The maximum absolute atomic E-state index is 11.3. The highest BCUT2D eigenvalue weighted by molar-refractivity contribution is 8.76. The van der Waals surface area contributed by atoms with E-state index in [1.165, 1.54) is 0 Å². The monoisotopic (exact) mass is 272 g/mol. The van der Waals surface area contributed by atoms with Crippen molar-refractivity contribution in [3.8, 4) is 0 Å². The molecule has 0 saturated carbocycles. The Morgan fingerprint density at radius 2 is 2.35 bits per heavy atom. The molecular formula is C11H16N2O2S2. The number of aliphatic hydroxyl groups is 1. The number of pyridine rings is 1. The van der Waals surface area contributed by atoms with Gasteiger partial charge in [-0.3, -0.25) is 4.79 Å². The Labute approximate surface area is 109 Å². The third-order valence-corrected chi connectivity index (χ3v) is 4.12. The van der Waals surface area contributed by atoms with Crippen LogP contribution in [0.25, 0.3) is 0 Å². The highest BCUT2D eigenvalue weighted by Gasteiger charge is 2.01. The fourth-order valence-corrected chi connectivity index (χ4v) is 2.90. The van der Waals surface area contributed by atoms with Gasteiger partial charge in [-0.25, -0.2) is 4.98 Å². The number of nitrogens with zero attached hydrogens (tertiary/aromatic N) is 1. The van der Waals surface area contributed by atoms with Crippen LogP contribution in [-0.2, 0) is 4.79 Å². The standard InChI is InChI=1S/C11H16N2O2S2/c14-8-3-7-12-10(15)5-9-16-17-11-4-1-2-6-13-11/h1-2,4,6,14H,3,5,7-9H2,(H,12,15). The van der Waals surface area contributed by atoms with Gasteiger partial charge in [0, 0.05) is 31.5 Å². The molecule has 17 heavy (non-hydrogen) atoms. The average Bonchev–Trinajstić information content (AvgIpc) is 2.36. The lowest BCUT2D eigenvalue weighted by molar-refractivity contribution is -0.120. The third-order valence-electron chi connectivity index (χ3n) is 1.85. The minimum absolute atomic E-state index is 0.0348. The van der Waals surface area contributed by atoms with Gasteiger partial charge >= 0.3 is 0 Å². The minimum atomic E-state index is 0.0348. The quantitative estimate of drug-likeness (QED) is 0.557. The summed E-state index contributed by atoms with van der Waals surface area (Å²) >= 11 is 0. The van der Waals surface area contributed by atoms with Crippen molar-refractivity contribution < 1.29 is 9.90 Å². The van der Waals surface area contributed by atoms with Gasteiger partial charge in [0.1, 0.15) is 5.03 Å². The number of aliphatic hydroxyl groups excluding tert-OH is 1. The number of rotatable bonds is 8. The second kappa shape index (κ2) is 9.32. The van der Waals surface area contributed by atoms with Crippen molar-refractivity contribution in [2.45, 2.75) is 17.9 Å². The average molecular weight is 272 g/mol. The van der Waals surface area contributed by atoms with Gasteiger partial charge in [-0.05, 0) is 29.3 Å². The van der Waals surface area contributed by atoms with Gasteiger partial charge < -0.3 is 10.4 Å². The van der Waals surface area contributed by atoms with Crippen LogP contribution in [0.3, 0.4) is 0 Å². The Kier molecular flexibility index (Phi) is 7.87. The first-order valence-electron chi connectivity index (χ1n) is 5.41. The summed E-state index contributed by atoms with van der Waals surface area (Å²) in [5.41, 5.74) is 0. The lowest BCUT2D eigenvalue weighted by atomic mass is 10.4. The van der Waals surface area contributed by atoms with Crippen LogP contribution in [0.2, 0.25) is 0 Å². The van der Waals surface area contributed by atoms with Gasteiger partial charge in [0.15, 0.2) is 0 Å². The predicted molar refractivity (Wildman–Crippen MR) is 71.9 cm³/mol. The molecule has 4 nitrogen and oxygen atoms in total. The predicted octanol–water partition coefficient (Wildman–Crippen LogP) is 1.71. The molecule has 1 amide bonds. The van der Waals surface area contributed by atoms with Crippen molar-refractivity contribution in [2.75, 3.05) is 18.9 Å². The molecule has 0 unspecified atom stereocenters. The number of carbonyl (C=O) groups excluding carboxylic acids is 1. The molecule has 1 heterocycles. The zero-order chi connectivity index (χ0) is 12.3. The van der Waals surface area contributed by atoms with E-state index in [0.717, 1.165) is 10.8 Å². The summed E-state index contributed by atoms with van der Waals surface area (Å²) in [6.07, 6.45) is 2.86. The third kappa shape index (κ3) is 7.25. The van der Waals surface area contributed by atoms with E-state index in [9.17, 15) is 4.79 Å². The number of amides is 1. The summed E-state index contributed by atoms with van der Waals surface area (Å²) in [5, 5.41) is 12.3. The summed E-state index contributed by atoms with van der Waals surface area (Å²) in [6, 6.07) is 5.76. The zero-order valence-corrected chi connectivity index (χ0v) is 11.1. The molecule has 6 heteroatoms. The van der Waals surface area contributed by atoms with Crippen LogP contribution in [-0.4, -0.2) is 34.9 Å².